The first-order valence-corrected chi connectivity index (χ1v) is 10.6. The monoisotopic (exact) mass is 426 g/mol. The van der Waals surface area contributed by atoms with Gasteiger partial charge in [-0.3, -0.25) is 14.4 Å². The van der Waals surface area contributed by atoms with Gasteiger partial charge in [-0.2, -0.15) is 0 Å². The quantitative estimate of drug-likeness (QED) is 0.612. The van der Waals surface area contributed by atoms with Gasteiger partial charge in [0.2, 0.25) is 12.3 Å². The Labute approximate surface area is 181 Å². The van der Waals surface area contributed by atoms with Crippen molar-refractivity contribution < 1.29 is 19.2 Å². The topological polar surface area (TPSA) is 111 Å². The summed E-state index contributed by atoms with van der Waals surface area (Å²) in [6.45, 7) is 6.80. The fourth-order valence-corrected chi connectivity index (χ4v) is 4.07. The molecule has 0 saturated carbocycles. The molecule has 0 unspecified atom stereocenters. The standard InChI is InChI=1S/C15H18N2O.C8H12N2O3/c1-15(2)7-8-17(10-15)14(18)13-9-11-5-3-4-6-12(11)16-13;11-4-7(10-5-12)3-6-1-2-9-8(6)13/h3-6,9,16H,7-8,10H2,1-2H3;4-7H,1-3H2,(H,9,13)(H,10,12)/t;6-,7-/m.0/s1. The summed E-state index contributed by atoms with van der Waals surface area (Å²) in [7, 11) is 0. The van der Waals surface area contributed by atoms with Crippen LogP contribution >= 0.6 is 0 Å². The molecule has 8 heteroatoms. The zero-order valence-electron chi connectivity index (χ0n) is 18.0. The number of aromatic amines is 1. The number of hydrogen-bond acceptors (Lipinski definition) is 4. The first kappa shape index (κ1) is 22.5. The zero-order chi connectivity index (χ0) is 22.4. The van der Waals surface area contributed by atoms with Gasteiger partial charge in [-0.15, -0.1) is 0 Å². The number of aldehydes is 1. The molecule has 0 spiro atoms. The van der Waals surface area contributed by atoms with Crippen LogP contribution in [0, 0.1) is 11.3 Å². The first-order valence-electron chi connectivity index (χ1n) is 10.6. The molecule has 166 valence electrons. The van der Waals surface area contributed by atoms with E-state index in [4.69, 9.17) is 0 Å². The molecule has 3 heterocycles. The van der Waals surface area contributed by atoms with Gasteiger partial charge in [0.05, 0.1) is 6.04 Å². The molecule has 4 rings (SSSR count). The fourth-order valence-electron chi connectivity index (χ4n) is 4.07. The lowest BCUT2D eigenvalue weighted by Crippen LogP contribution is -2.33. The van der Waals surface area contributed by atoms with E-state index in [2.05, 4.69) is 29.5 Å². The van der Waals surface area contributed by atoms with Crippen LogP contribution in [0.5, 0.6) is 0 Å². The van der Waals surface area contributed by atoms with E-state index in [1.807, 2.05) is 35.2 Å². The molecule has 2 fully saturated rings. The molecule has 0 aliphatic carbocycles. The molecule has 0 bridgehead atoms. The molecule has 3 N–H and O–H groups in total. The number of amides is 3. The third kappa shape index (κ3) is 5.71. The third-order valence-corrected chi connectivity index (χ3v) is 5.87. The number of fused-ring (bicyclic) bond motifs is 1. The number of nitrogens with zero attached hydrogens (tertiary/aromatic N) is 1. The average molecular weight is 427 g/mol. The predicted octanol–water partition coefficient (Wildman–Crippen LogP) is 1.87. The van der Waals surface area contributed by atoms with Crippen LogP contribution in [-0.2, 0) is 14.4 Å². The number of carbonyl (C=O) groups excluding carboxylic acids is 4. The highest BCUT2D eigenvalue weighted by Crippen LogP contribution is 2.30. The van der Waals surface area contributed by atoms with Crippen LogP contribution in [-0.4, -0.2) is 60.1 Å². The molecule has 31 heavy (non-hydrogen) atoms. The summed E-state index contributed by atoms with van der Waals surface area (Å²) in [6, 6.07) is 9.40. The van der Waals surface area contributed by atoms with Crippen molar-refractivity contribution in [3.63, 3.8) is 0 Å². The molecule has 2 atom stereocenters. The number of aromatic nitrogens is 1. The van der Waals surface area contributed by atoms with Crippen LogP contribution in [0.4, 0.5) is 0 Å². The second-order valence-corrected chi connectivity index (χ2v) is 8.95. The molecule has 1 aromatic heterocycles. The number of benzene rings is 1. The summed E-state index contributed by atoms with van der Waals surface area (Å²) in [4.78, 5) is 49.1. The van der Waals surface area contributed by atoms with Crippen molar-refractivity contribution >= 4 is 35.4 Å². The van der Waals surface area contributed by atoms with E-state index < -0.39 is 6.04 Å². The lowest BCUT2D eigenvalue weighted by Gasteiger charge is -2.19. The molecule has 2 saturated heterocycles. The summed E-state index contributed by atoms with van der Waals surface area (Å²) in [5.74, 6) is -0.0426. The maximum Gasteiger partial charge on any atom is 0.270 e. The lowest BCUT2D eigenvalue weighted by atomic mass is 9.93. The number of rotatable bonds is 6. The van der Waals surface area contributed by atoms with E-state index in [0.717, 1.165) is 36.8 Å². The first-order chi connectivity index (χ1) is 14.8. The van der Waals surface area contributed by atoms with E-state index in [0.29, 0.717) is 31.4 Å². The smallest absolute Gasteiger partial charge is 0.270 e. The van der Waals surface area contributed by atoms with Crippen molar-refractivity contribution in [1.82, 2.24) is 20.5 Å². The fraction of sp³-hybridized carbons (Fsp3) is 0.478. The number of H-pyrrole nitrogens is 1. The van der Waals surface area contributed by atoms with Crippen molar-refractivity contribution in [1.29, 1.82) is 0 Å². The van der Waals surface area contributed by atoms with Crippen LogP contribution in [0.25, 0.3) is 10.9 Å². The van der Waals surface area contributed by atoms with Crippen molar-refractivity contribution in [2.45, 2.75) is 39.2 Å². The van der Waals surface area contributed by atoms with E-state index >= 15 is 0 Å². The molecule has 2 aliphatic rings. The van der Waals surface area contributed by atoms with Gasteiger partial charge in [0.25, 0.3) is 5.91 Å². The summed E-state index contributed by atoms with van der Waals surface area (Å²) in [6.07, 6.45) is 3.35. The number of likely N-dealkylation sites (tertiary alicyclic amines) is 1. The van der Waals surface area contributed by atoms with Gasteiger partial charge >= 0.3 is 0 Å². The minimum Gasteiger partial charge on any atom is -0.356 e. The highest BCUT2D eigenvalue weighted by atomic mass is 16.2. The number of carbonyl (C=O) groups is 4. The Morgan fingerprint density at radius 3 is 2.68 bits per heavy atom. The van der Waals surface area contributed by atoms with Gasteiger partial charge in [-0.25, -0.2) is 0 Å². The minimum absolute atomic E-state index is 0.0282. The van der Waals surface area contributed by atoms with Gasteiger partial charge < -0.3 is 25.3 Å². The highest BCUT2D eigenvalue weighted by molar-refractivity contribution is 5.98. The Hall–Kier alpha value is -3.16. The van der Waals surface area contributed by atoms with Crippen LogP contribution in [0.1, 0.15) is 43.6 Å². The van der Waals surface area contributed by atoms with Crippen LogP contribution in [0.15, 0.2) is 30.3 Å². The van der Waals surface area contributed by atoms with Crippen LogP contribution in [0.2, 0.25) is 0 Å². The highest BCUT2D eigenvalue weighted by Gasteiger charge is 2.32. The average Bonchev–Trinajstić information content (AvgIpc) is 3.45. The third-order valence-electron chi connectivity index (χ3n) is 5.87. The summed E-state index contributed by atoms with van der Waals surface area (Å²) < 4.78 is 0. The molecule has 2 aromatic rings. The number of hydrogen-bond donors (Lipinski definition) is 3. The Balaban J connectivity index is 0.000000187. The van der Waals surface area contributed by atoms with Crippen LogP contribution < -0.4 is 10.6 Å². The molecule has 0 radical (unpaired) electrons. The van der Waals surface area contributed by atoms with Crippen molar-refractivity contribution in [3.8, 4) is 0 Å². The zero-order valence-corrected chi connectivity index (χ0v) is 18.0. The van der Waals surface area contributed by atoms with Crippen LogP contribution in [0.3, 0.4) is 0 Å². The van der Waals surface area contributed by atoms with Gasteiger partial charge in [0, 0.05) is 36.5 Å². The second-order valence-electron chi connectivity index (χ2n) is 8.95. The van der Waals surface area contributed by atoms with Gasteiger partial charge in [0.15, 0.2) is 0 Å². The number of para-hydroxylation sites is 1. The second kappa shape index (κ2) is 9.76. The van der Waals surface area contributed by atoms with Gasteiger partial charge in [-0.05, 0) is 36.8 Å². The SMILES string of the molecule is CC1(C)CCN(C(=O)c2cc3ccccc3[nH]2)C1.O=CN[C@H](C=O)C[C@@H]1CCNC1=O. The molecule has 3 amide bonds. The normalized spacial score (nSPS) is 20.5. The van der Waals surface area contributed by atoms with Crippen molar-refractivity contribution in [2.75, 3.05) is 19.6 Å². The Morgan fingerprint density at radius 2 is 2.10 bits per heavy atom. The minimum atomic E-state index is -0.536. The maximum atomic E-state index is 12.4. The lowest BCUT2D eigenvalue weighted by molar-refractivity contribution is -0.123. The summed E-state index contributed by atoms with van der Waals surface area (Å²) in [5.41, 5.74) is 1.98. The van der Waals surface area contributed by atoms with Gasteiger partial charge in [-0.1, -0.05) is 32.0 Å². The van der Waals surface area contributed by atoms with Gasteiger partial charge in [0.1, 0.15) is 12.0 Å². The number of nitrogens with one attached hydrogen (secondary N) is 3. The van der Waals surface area contributed by atoms with Crippen molar-refractivity contribution in [3.05, 3.63) is 36.0 Å². The van der Waals surface area contributed by atoms with E-state index in [1.165, 1.54) is 0 Å². The maximum absolute atomic E-state index is 12.4. The van der Waals surface area contributed by atoms with E-state index in [1.54, 1.807) is 0 Å². The van der Waals surface area contributed by atoms with E-state index in [-0.39, 0.29) is 23.1 Å². The molecule has 8 nitrogen and oxygen atoms in total. The molecular formula is C23H30N4O4. The molecule has 1 aromatic carbocycles. The molecular weight excluding hydrogens is 396 g/mol. The largest absolute Gasteiger partial charge is 0.356 e. The Morgan fingerprint density at radius 1 is 1.32 bits per heavy atom. The predicted molar refractivity (Wildman–Crippen MR) is 117 cm³/mol. The van der Waals surface area contributed by atoms with E-state index in [9.17, 15) is 19.2 Å². The summed E-state index contributed by atoms with van der Waals surface area (Å²) >= 11 is 0. The Kier molecular flexibility index (Phi) is 7.09. The van der Waals surface area contributed by atoms with Crippen molar-refractivity contribution in [2.24, 2.45) is 11.3 Å². The molecule has 2 aliphatic heterocycles. The Bertz CT molecular complexity index is 919. The summed E-state index contributed by atoms with van der Waals surface area (Å²) in [5, 5.41) is 6.12.